The van der Waals surface area contributed by atoms with Gasteiger partial charge >= 0.3 is 0 Å². The zero-order valence-corrected chi connectivity index (χ0v) is 13.7. The largest absolute Gasteiger partial charge is 0.458 e. The first-order valence-electron chi connectivity index (χ1n) is 7.44. The van der Waals surface area contributed by atoms with Crippen LogP contribution in [0.4, 0.5) is 0 Å². The van der Waals surface area contributed by atoms with Crippen molar-refractivity contribution in [2.75, 3.05) is 0 Å². The summed E-state index contributed by atoms with van der Waals surface area (Å²) in [5, 5.41) is 0.823. The van der Waals surface area contributed by atoms with Crippen LogP contribution in [0.5, 0.6) is 0 Å². The standard InChI is InChI=1S/C19H13NO3S/c1-12-6-10-16(22-12)15(21)9-7-13-8-11-17(23-13)19-20-14-4-2-3-5-18(14)24-19/h2-11H,1H3/b9-7+. The van der Waals surface area contributed by atoms with Gasteiger partial charge in [0.1, 0.15) is 11.5 Å². The zero-order chi connectivity index (χ0) is 16.5. The lowest BCUT2D eigenvalue weighted by Gasteiger charge is -1.90. The van der Waals surface area contributed by atoms with Crippen molar-refractivity contribution < 1.29 is 13.6 Å². The summed E-state index contributed by atoms with van der Waals surface area (Å²) >= 11 is 1.58. The number of allylic oxidation sites excluding steroid dienone is 1. The molecule has 118 valence electrons. The van der Waals surface area contributed by atoms with Crippen molar-refractivity contribution in [3.63, 3.8) is 0 Å². The van der Waals surface area contributed by atoms with E-state index in [1.54, 1.807) is 36.5 Å². The molecule has 0 atom stereocenters. The maximum Gasteiger partial charge on any atom is 0.221 e. The second-order valence-corrected chi connectivity index (χ2v) is 6.33. The number of benzene rings is 1. The number of para-hydroxylation sites is 1. The number of furan rings is 2. The van der Waals surface area contributed by atoms with E-state index in [-0.39, 0.29) is 5.78 Å². The number of carbonyl (C=O) groups excluding carboxylic acids is 1. The predicted molar refractivity (Wildman–Crippen MR) is 94.1 cm³/mol. The maximum atomic E-state index is 12.0. The van der Waals surface area contributed by atoms with E-state index >= 15 is 0 Å². The number of carbonyl (C=O) groups is 1. The van der Waals surface area contributed by atoms with E-state index in [4.69, 9.17) is 8.83 Å². The molecule has 4 rings (SSSR count). The fourth-order valence-corrected chi connectivity index (χ4v) is 3.27. The van der Waals surface area contributed by atoms with Gasteiger partial charge in [0.2, 0.25) is 5.78 Å². The summed E-state index contributed by atoms with van der Waals surface area (Å²) in [4.78, 5) is 16.6. The number of rotatable bonds is 4. The second kappa shape index (κ2) is 5.94. The third-order valence-electron chi connectivity index (χ3n) is 3.51. The number of hydrogen-bond donors (Lipinski definition) is 0. The lowest BCUT2D eigenvalue weighted by atomic mass is 10.2. The number of hydrogen-bond acceptors (Lipinski definition) is 5. The molecule has 4 nitrogen and oxygen atoms in total. The van der Waals surface area contributed by atoms with Gasteiger partial charge in [-0.05, 0) is 55.5 Å². The Morgan fingerprint density at radius 3 is 2.75 bits per heavy atom. The third kappa shape index (κ3) is 2.81. The number of thiazole rings is 1. The first-order chi connectivity index (χ1) is 11.7. The molecule has 0 spiro atoms. The van der Waals surface area contributed by atoms with Crippen molar-refractivity contribution in [1.29, 1.82) is 0 Å². The smallest absolute Gasteiger partial charge is 0.221 e. The molecule has 5 heteroatoms. The summed E-state index contributed by atoms with van der Waals surface area (Å²) < 4.78 is 12.2. The van der Waals surface area contributed by atoms with Crippen molar-refractivity contribution >= 4 is 33.4 Å². The highest BCUT2D eigenvalue weighted by molar-refractivity contribution is 7.21. The molecule has 24 heavy (non-hydrogen) atoms. The fraction of sp³-hybridized carbons (Fsp3) is 0.0526. The summed E-state index contributed by atoms with van der Waals surface area (Å²) in [5.41, 5.74) is 0.953. The minimum atomic E-state index is -0.193. The molecule has 3 heterocycles. The second-order valence-electron chi connectivity index (χ2n) is 5.30. The third-order valence-corrected chi connectivity index (χ3v) is 4.56. The molecular weight excluding hydrogens is 322 g/mol. The molecule has 0 fully saturated rings. The van der Waals surface area contributed by atoms with E-state index in [0.717, 1.165) is 15.2 Å². The molecule has 0 saturated heterocycles. The molecule has 1 aromatic carbocycles. The van der Waals surface area contributed by atoms with Crippen molar-refractivity contribution in [3.05, 3.63) is 71.9 Å². The highest BCUT2D eigenvalue weighted by Crippen LogP contribution is 2.31. The van der Waals surface area contributed by atoms with Crippen molar-refractivity contribution in [2.24, 2.45) is 0 Å². The lowest BCUT2D eigenvalue weighted by molar-refractivity contribution is 0.102. The Morgan fingerprint density at radius 1 is 1.08 bits per heavy atom. The lowest BCUT2D eigenvalue weighted by Crippen LogP contribution is -1.90. The van der Waals surface area contributed by atoms with Crippen LogP contribution in [0.15, 0.2) is 63.4 Å². The van der Waals surface area contributed by atoms with Crippen LogP contribution in [0.3, 0.4) is 0 Å². The van der Waals surface area contributed by atoms with E-state index in [1.165, 1.54) is 6.08 Å². The normalized spacial score (nSPS) is 11.5. The molecule has 0 unspecified atom stereocenters. The van der Waals surface area contributed by atoms with Crippen LogP contribution < -0.4 is 0 Å². The van der Waals surface area contributed by atoms with Crippen LogP contribution in [-0.4, -0.2) is 10.8 Å². The summed E-state index contributed by atoms with van der Waals surface area (Å²) in [5.74, 6) is 2.13. The first kappa shape index (κ1) is 14.7. The van der Waals surface area contributed by atoms with Gasteiger partial charge in [0.15, 0.2) is 16.5 Å². The average Bonchev–Trinajstić information content (AvgIpc) is 3.31. The van der Waals surface area contributed by atoms with Gasteiger partial charge in [-0.1, -0.05) is 12.1 Å². The molecule has 0 bridgehead atoms. The molecule has 0 amide bonds. The van der Waals surface area contributed by atoms with Gasteiger partial charge in [0.05, 0.1) is 10.2 Å². The molecular formula is C19H13NO3S. The molecule has 0 radical (unpaired) electrons. The zero-order valence-electron chi connectivity index (χ0n) is 12.9. The van der Waals surface area contributed by atoms with Gasteiger partial charge in [0, 0.05) is 0 Å². The Kier molecular flexibility index (Phi) is 3.63. The van der Waals surface area contributed by atoms with Crippen LogP contribution in [0.2, 0.25) is 0 Å². The van der Waals surface area contributed by atoms with Gasteiger partial charge in [0.25, 0.3) is 0 Å². The van der Waals surface area contributed by atoms with E-state index in [2.05, 4.69) is 4.98 Å². The van der Waals surface area contributed by atoms with E-state index in [9.17, 15) is 4.79 Å². The Labute approximate surface area is 142 Å². The van der Waals surface area contributed by atoms with Crippen LogP contribution in [0, 0.1) is 6.92 Å². The number of aryl methyl sites for hydroxylation is 1. The van der Waals surface area contributed by atoms with Gasteiger partial charge in [-0.2, -0.15) is 0 Å². The number of aromatic nitrogens is 1. The molecule has 0 aliphatic rings. The Bertz CT molecular complexity index is 1020. The van der Waals surface area contributed by atoms with Gasteiger partial charge in [-0.3, -0.25) is 4.79 Å². The van der Waals surface area contributed by atoms with Crippen LogP contribution in [-0.2, 0) is 0 Å². The number of nitrogens with zero attached hydrogens (tertiary/aromatic N) is 1. The Morgan fingerprint density at radius 2 is 1.96 bits per heavy atom. The summed E-state index contributed by atoms with van der Waals surface area (Å²) in [7, 11) is 0. The average molecular weight is 335 g/mol. The summed E-state index contributed by atoms with van der Waals surface area (Å²) in [6.07, 6.45) is 3.08. The van der Waals surface area contributed by atoms with Crippen molar-refractivity contribution in [1.82, 2.24) is 4.98 Å². The Hall–Kier alpha value is -2.92. The minimum absolute atomic E-state index is 0.193. The Balaban J connectivity index is 1.56. The minimum Gasteiger partial charge on any atom is -0.458 e. The highest BCUT2D eigenvalue weighted by atomic mass is 32.1. The molecule has 0 N–H and O–H groups in total. The van der Waals surface area contributed by atoms with Crippen LogP contribution in [0.1, 0.15) is 22.1 Å². The van der Waals surface area contributed by atoms with Gasteiger partial charge in [-0.25, -0.2) is 4.98 Å². The van der Waals surface area contributed by atoms with E-state index in [0.29, 0.717) is 23.0 Å². The maximum absolute atomic E-state index is 12.0. The topological polar surface area (TPSA) is 56.2 Å². The van der Waals surface area contributed by atoms with E-state index < -0.39 is 0 Å². The monoisotopic (exact) mass is 335 g/mol. The fourth-order valence-electron chi connectivity index (χ4n) is 2.34. The molecule has 0 saturated carbocycles. The quantitative estimate of drug-likeness (QED) is 0.372. The predicted octanol–water partition coefficient (Wildman–Crippen LogP) is 5.35. The van der Waals surface area contributed by atoms with Crippen LogP contribution in [0.25, 0.3) is 27.1 Å². The molecule has 3 aromatic heterocycles. The summed E-state index contributed by atoms with van der Waals surface area (Å²) in [6, 6.07) is 15.1. The molecule has 0 aliphatic heterocycles. The van der Waals surface area contributed by atoms with Gasteiger partial charge < -0.3 is 8.83 Å². The molecule has 0 aliphatic carbocycles. The van der Waals surface area contributed by atoms with Gasteiger partial charge in [-0.15, -0.1) is 11.3 Å². The molecule has 4 aromatic rings. The SMILES string of the molecule is Cc1ccc(C(=O)/C=C/c2ccc(-c3nc4ccccc4s3)o2)o1. The van der Waals surface area contributed by atoms with Crippen molar-refractivity contribution in [3.8, 4) is 10.8 Å². The highest BCUT2D eigenvalue weighted by Gasteiger charge is 2.10. The number of fused-ring (bicyclic) bond motifs is 1. The number of ketones is 1. The van der Waals surface area contributed by atoms with Crippen molar-refractivity contribution in [2.45, 2.75) is 6.92 Å². The van der Waals surface area contributed by atoms with E-state index in [1.807, 2.05) is 36.4 Å². The van der Waals surface area contributed by atoms with Crippen LogP contribution >= 0.6 is 11.3 Å². The first-order valence-corrected chi connectivity index (χ1v) is 8.25. The summed E-state index contributed by atoms with van der Waals surface area (Å²) in [6.45, 7) is 1.80.